The van der Waals surface area contributed by atoms with E-state index in [0.717, 1.165) is 4.90 Å². The number of nitrogens with one attached hydrogen (secondary N) is 1. The van der Waals surface area contributed by atoms with Crippen molar-refractivity contribution in [2.24, 2.45) is 0 Å². The Hall–Kier alpha value is -0.870. The molecule has 0 aliphatic carbocycles. The molecule has 4 heteroatoms. The minimum absolute atomic E-state index is 0.0412. The van der Waals surface area contributed by atoms with Crippen molar-refractivity contribution in [2.45, 2.75) is 4.90 Å². The molecule has 0 saturated heterocycles. The third-order valence-corrected chi connectivity index (χ3v) is 2.88. The second-order valence-electron chi connectivity index (χ2n) is 2.99. The summed E-state index contributed by atoms with van der Waals surface area (Å²) in [6.07, 6.45) is 0. The number of hydrogen-bond acceptors (Lipinski definition) is 3. The van der Waals surface area contributed by atoms with Crippen LogP contribution in [-0.2, 0) is 0 Å². The van der Waals surface area contributed by atoms with Gasteiger partial charge in [-0.15, -0.1) is 11.8 Å². The Balaban J connectivity index is 2.80. The van der Waals surface area contributed by atoms with Crippen LogP contribution < -0.4 is 5.32 Å². The molecule has 1 N–H and O–H groups in total. The Morgan fingerprint density at radius 1 is 1.47 bits per heavy atom. The Bertz CT molecular complexity index is 330. The van der Waals surface area contributed by atoms with Crippen LogP contribution in [0.25, 0.3) is 0 Å². The predicted octanol–water partition coefficient (Wildman–Crippen LogP) is 2.15. The zero-order valence-electron chi connectivity index (χ0n) is 8.63. The third kappa shape index (κ3) is 3.64. The molecule has 82 valence electrons. The Labute approximate surface area is 93.3 Å². The minimum atomic E-state index is -0.376. The lowest BCUT2D eigenvalue weighted by Crippen LogP contribution is -2.19. The van der Waals surface area contributed by atoms with E-state index < -0.39 is 0 Å². The number of carbonyl (C=O) groups excluding carboxylic acids is 1. The van der Waals surface area contributed by atoms with E-state index in [0.29, 0.717) is 17.9 Å². The first-order valence-corrected chi connectivity index (χ1v) is 5.73. The van der Waals surface area contributed by atoms with Crippen molar-refractivity contribution >= 4 is 17.5 Å². The second-order valence-corrected chi connectivity index (χ2v) is 4.12. The van der Waals surface area contributed by atoms with Crippen LogP contribution in [0.3, 0.4) is 0 Å². The van der Waals surface area contributed by atoms with Crippen LogP contribution in [0.1, 0.15) is 10.4 Å². The van der Waals surface area contributed by atoms with Crippen molar-refractivity contribution in [3.63, 3.8) is 0 Å². The number of hydrogen-bond donors (Lipinski definition) is 1. The van der Waals surface area contributed by atoms with Crippen molar-refractivity contribution < 1.29 is 9.18 Å². The molecule has 0 amide bonds. The highest BCUT2D eigenvalue weighted by molar-refractivity contribution is 7.99. The smallest absolute Gasteiger partial charge is 0.177 e. The fraction of sp³-hybridized carbons (Fsp3) is 0.364. The summed E-state index contributed by atoms with van der Waals surface area (Å²) in [7, 11) is 1.73. The molecule has 0 aromatic heterocycles. The van der Waals surface area contributed by atoms with Crippen LogP contribution in [0.5, 0.6) is 0 Å². The molecule has 0 saturated carbocycles. The zero-order chi connectivity index (χ0) is 11.1. The van der Waals surface area contributed by atoms with E-state index in [1.807, 2.05) is 18.2 Å². The maximum Gasteiger partial charge on any atom is 0.177 e. The lowest BCUT2D eigenvalue weighted by molar-refractivity contribution is 0.0991. The molecule has 0 aliphatic rings. The Morgan fingerprint density at radius 2 is 2.20 bits per heavy atom. The highest BCUT2D eigenvalue weighted by Crippen LogP contribution is 2.22. The number of halogens is 1. The molecule has 0 bridgehead atoms. The number of carbonyl (C=O) groups is 1. The van der Waals surface area contributed by atoms with Crippen molar-refractivity contribution in [1.82, 2.24) is 5.32 Å². The molecular formula is C11H14FNOS. The predicted molar refractivity (Wildman–Crippen MR) is 61.4 cm³/mol. The normalized spacial score (nSPS) is 10.3. The van der Waals surface area contributed by atoms with E-state index in [1.54, 1.807) is 13.1 Å². The Kier molecular flexibility index (Phi) is 5.36. The van der Waals surface area contributed by atoms with Crippen LogP contribution >= 0.6 is 11.8 Å². The van der Waals surface area contributed by atoms with E-state index in [9.17, 15) is 9.18 Å². The molecule has 0 unspecified atom stereocenters. The summed E-state index contributed by atoms with van der Waals surface area (Å²) in [6, 6.07) is 7.31. The van der Waals surface area contributed by atoms with Gasteiger partial charge in [0, 0.05) is 16.2 Å². The van der Waals surface area contributed by atoms with Crippen LogP contribution in [-0.4, -0.2) is 31.8 Å². The molecule has 15 heavy (non-hydrogen) atoms. The molecule has 0 fully saturated rings. The molecular weight excluding hydrogens is 213 g/mol. The van der Waals surface area contributed by atoms with Gasteiger partial charge in [0.2, 0.25) is 0 Å². The van der Waals surface area contributed by atoms with Gasteiger partial charge in [-0.3, -0.25) is 9.18 Å². The SMILES string of the molecule is CNCC(=O)c1ccccc1SCCF. The molecule has 2 nitrogen and oxygen atoms in total. The van der Waals surface area contributed by atoms with Crippen molar-refractivity contribution in [1.29, 1.82) is 0 Å². The lowest BCUT2D eigenvalue weighted by atomic mass is 10.1. The molecule has 0 spiro atoms. The third-order valence-electron chi connectivity index (χ3n) is 1.86. The van der Waals surface area contributed by atoms with Gasteiger partial charge in [-0.05, 0) is 13.1 Å². The maximum absolute atomic E-state index is 12.0. The minimum Gasteiger partial charge on any atom is -0.313 e. The molecule has 1 aromatic carbocycles. The number of benzene rings is 1. The average molecular weight is 227 g/mol. The van der Waals surface area contributed by atoms with Gasteiger partial charge in [0.15, 0.2) is 5.78 Å². The zero-order valence-corrected chi connectivity index (χ0v) is 9.44. The monoisotopic (exact) mass is 227 g/mol. The van der Waals surface area contributed by atoms with Crippen molar-refractivity contribution in [2.75, 3.05) is 26.0 Å². The largest absolute Gasteiger partial charge is 0.313 e. The standard InChI is InChI=1S/C11H14FNOS/c1-13-8-10(14)9-4-2-3-5-11(9)15-7-6-12/h2-5,13H,6-8H2,1H3. The van der Waals surface area contributed by atoms with Gasteiger partial charge >= 0.3 is 0 Å². The van der Waals surface area contributed by atoms with Gasteiger partial charge < -0.3 is 5.32 Å². The quantitative estimate of drug-likeness (QED) is 0.596. The van der Waals surface area contributed by atoms with Crippen molar-refractivity contribution in [3.05, 3.63) is 29.8 Å². The molecule has 1 rings (SSSR count). The van der Waals surface area contributed by atoms with Gasteiger partial charge in [-0.2, -0.15) is 0 Å². The highest BCUT2D eigenvalue weighted by atomic mass is 32.2. The molecule has 0 radical (unpaired) electrons. The average Bonchev–Trinajstić information content (AvgIpc) is 2.27. The highest BCUT2D eigenvalue weighted by Gasteiger charge is 2.09. The topological polar surface area (TPSA) is 29.1 Å². The van der Waals surface area contributed by atoms with E-state index in [-0.39, 0.29) is 12.5 Å². The number of ketones is 1. The summed E-state index contributed by atoms with van der Waals surface area (Å²) in [5.74, 6) is 0.434. The summed E-state index contributed by atoms with van der Waals surface area (Å²) in [5.41, 5.74) is 0.672. The summed E-state index contributed by atoms with van der Waals surface area (Å²) in [4.78, 5) is 12.5. The number of thioether (sulfide) groups is 1. The maximum atomic E-state index is 12.0. The molecule has 0 aliphatic heterocycles. The van der Waals surface area contributed by atoms with Crippen LogP contribution in [0.2, 0.25) is 0 Å². The number of likely N-dealkylation sites (N-methyl/N-ethyl adjacent to an activating group) is 1. The van der Waals surface area contributed by atoms with E-state index >= 15 is 0 Å². The summed E-state index contributed by atoms with van der Waals surface area (Å²) in [6.45, 7) is -0.0631. The first kappa shape index (κ1) is 12.2. The summed E-state index contributed by atoms with van der Waals surface area (Å²) >= 11 is 1.38. The lowest BCUT2D eigenvalue weighted by Gasteiger charge is -2.06. The van der Waals surface area contributed by atoms with Gasteiger partial charge in [0.05, 0.1) is 13.2 Å². The second kappa shape index (κ2) is 6.58. The first-order valence-electron chi connectivity index (χ1n) is 4.75. The van der Waals surface area contributed by atoms with Crippen LogP contribution in [0.15, 0.2) is 29.2 Å². The number of rotatable bonds is 6. The molecule has 0 heterocycles. The summed E-state index contributed by atoms with van der Waals surface area (Å²) in [5, 5.41) is 2.82. The Morgan fingerprint density at radius 3 is 2.87 bits per heavy atom. The fourth-order valence-corrected chi connectivity index (χ4v) is 2.04. The molecule has 0 atom stereocenters. The van der Waals surface area contributed by atoms with Crippen molar-refractivity contribution in [3.8, 4) is 0 Å². The van der Waals surface area contributed by atoms with E-state index in [4.69, 9.17) is 0 Å². The van der Waals surface area contributed by atoms with Gasteiger partial charge in [-0.1, -0.05) is 18.2 Å². The number of alkyl halides is 1. The van der Waals surface area contributed by atoms with E-state index in [1.165, 1.54) is 11.8 Å². The van der Waals surface area contributed by atoms with Gasteiger partial charge in [-0.25, -0.2) is 0 Å². The number of Topliss-reactive ketones (excluding diaryl/α,β-unsaturated/α-hetero) is 1. The van der Waals surface area contributed by atoms with Crippen LogP contribution in [0, 0.1) is 0 Å². The fourth-order valence-electron chi connectivity index (χ4n) is 1.23. The summed E-state index contributed by atoms with van der Waals surface area (Å²) < 4.78 is 12.0. The van der Waals surface area contributed by atoms with Crippen LogP contribution in [0.4, 0.5) is 4.39 Å². The molecule has 1 aromatic rings. The first-order chi connectivity index (χ1) is 7.29. The van der Waals surface area contributed by atoms with Gasteiger partial charge in [0.1, 0.15) is 0 Å². The van der Waals surface area contributed by atoms with E-state index in [2.05, 4.69) is 5.32 Å². The van der Waals surface area contributed by atoms with Gasteiger partial charge in [0.25, 0.3) is 0 Å².